The molecule has 1 aromatic carbocycles. The van der Waals surface area contributed by atoms with Gasteiger partial charge >= 0.3 is 12.0 Å². The van der Waals surface area contributed by atoms with Gasteiger partial charge in [0, 0.05) is 16.7 Å². The molecule has 114 valence electrons. The SMILES string of the molecule is O=C(O)c1cc(NC(=O)N2CCOC(CO)C2)ccc1Br. The summed E-state index contributed by atoms with van der Waals surface area (Å²) in [6, 6.07) is 4.21. The second-order valence-corrected chi connectivity index (χ2v) is 5.41. The standard InChI is InChI=1S/C13H15BrN2O5/c14-11-2-1-8(5-10(11)12(18)19)15-13(20)16-3-4-21-9(6-16)7-17/h1-2,5,9,17H,3-4,6-7H2,(H,15,20)(H,18,19). The Morgan fingerprint density at radius 1 is 1.48 bits per heavy atom. The van der Waals surface area contributed by atoms with Crippen molar-refractivity contribution < 1.29 is 24.5 Å². The predicted molar refractivity (Wildman–Crippen MR) is 78.5 cm³/mol. The average molecular weight is 359 g/mol. The minimum absolute atomic E-state index is 0.0722. The number of halogens is 1. The number of aromatic carboxylic acids is 1. The van der Waals surface area contributed by atoms with Crippen molar-refractivity contribution in [2.24, 2.45) is 0 Å². The lowest BCUT2D eigenvalue weighted by atomic mass is 10.2. The molecule has 2 amide bonds. The van der Waals surface area contributed by atoms with Crippen LogP contribution in [0.4, 0.5) is 10.5 Å². The van der Waals surface area contributed by atoms with Gasteiger partial charge in [-0.3, -0.25) is 0 Å². The zero-order valence-corrected chi connectivity index (χ0v) is 12.7. The van der Waals surface area contributed by atoms with Crippen molar-refractivity contribution in [1.82, 2.24) is 4.90 Å². The molecule has 1 aliphatic heterocycles. The highest BCUT2D eigenvalue weighted by Crippen LogP contribution is 2.21. The first-order valence-electron chi connectivity index (χ1n) is 6.32. The van der Waals surface area contributed by atoms with Gasteiger partial charge in [-0.1, -0.05) is 0 Å². The van der Waals surface area contributed by atoms with Gasteiger partial charge in [0.05, 0.1) is 31.4 Å². The average Bonchev–Trinajstić information content (AvgIpc) is 2.49. The summed E-state index contributed by atoms with van der Waals surface area (Å²) in [4.78, 5) is 24.7. The van der Waals surface area contributed by atoms with E-state index in [4.69, 9.17) is 14.9 Å². The van der Waals surface area contributed by atoms with Crippen molar-refractivity contribution in [1.29, 1.82) is 0 Å². The number of hydrogen-bond acceptors (Lipinski definition) is 4. The summed E-state index contributed by atoms with van der Waals surface area (Å²) in [5.41, 5.74) is 0.468. The summed E-state index contributed by atoms with van der Waals surface area (Å²) in [6.45, 7) is 0.930. The van der Waals surface area contributed by atoms with E-state index in [1.165, 1.54) is 11.0 Å². The van der Waals surface area contributed by atoms with Crippen LogP contribution in [0.2, 0.25) is 0 Å². The lowest BCUT2D eigenvalue weighted by molar-refractivity contribution is -0.0388. The van der Waals surface area contributed by atoms with Gasteiger partial charge < -0.3 is 25.2 Å². The van der Waals surface area contributed by atoms with E-state index in [0.29, 0.717) is 29.9 Å². The van der Waals surface area contributed by atoms with Crippen LogP contribution in [0.3, 0.4) is 0 Å². The molecule has 1 saturated heterocycles. The number of aliphatic hydroxyl groups is 1. The van der Waals surface area contributed by atoms with Crippen molar-refractivity contribution in [2.45, 2.75) is 6.10 Å². The maximum Gasteiger partial charge on any atom is 0.336 e. The largest absolute Gasteiger partial charge is 0.478 e. The Hall–Kier alpha value is -1.64. The third-order valence-corrected chi connectivity index (χ3v) is 3.77. The van der Waals surface area contributed by atoms with E-state index in [9.17, 15) is 9.59 Å². The van der Waals surface area contributed by atoms with Crippen molar-refractivity contribution >= 4 is 33.6 Å². The van der Waals surface area contributed by atoms with Gasteiger partial charge in [-0.15, -0.1) is 0 Å². The van der Waals surface area contributed by atoms with Crippen LogP contribution in [0.15, 0.2) is 22.7 Å². The number of rotatable bonds is 3. The smallest absolute Gasteiger partial charge is 0.336 e. The van der Waals surface area contributed by atoms with Crippen molar-refractivity contribution in [3.63, 3.8) is 0 Å². The van der Waals surface area contributed by atoms with Gasteiger partial charge in [-0.05, 0) is 34.1 Å². The van der Waals surface area contributed by atoms with Crippen molar-refractivity contribution in [2.75, 3.05) is 31.6 Å². The summed E-state index contributed by atoms with van der Waals surface area (Å²) in [7, 11) is 0. The summed E-state index contributed by atoms with van der Waals surface area (Å²) in [6.07, 6.45) is -0.385. The van der Waals surface area contributed by atoms with E-state index in [2.05, 4.69) is 21.2 Å². The summed E-state index contributed by atoms with van der Waals surface area (Å²) < 4.78 is 5.71. The van der Waals surface area contributed by atoms with Gasteiger partial charge in [0.1, 0.15) is 0 Å². The molecular formula is C13H15BrN2O5. The van der Waals surface area contributed by atoms with Crippen LogP contribution in [-0.4, -0.2) is 59.5 Å². The molecule has 0 aromatic heterocycles. The summed E-state index contributed by atoms with van der Waals surface area (Å²) in [5.74, 6) is -1.08. The molecule has 0 bridgehead atoms. The maximum absolute atomic E-state index is 12.1. The number of morpholine rings is 1. The first-order valence-corrected chi connectivity index (χ1v) is 7.12. The zero-order chi connectivity index (χ0) is 15.4. The summed E-state index contributed by atoms with van der Waals surface area (Å²) in [5, 5.41) is 20.7. The van der Waals surface area contributed by atoms with Crippen LogP contribution < -0.4 is 5.32 Å². The minimum atomic E-state index is -1.08. The van der Waals surface area contributed by atoms with Crippen LogP contribution in [-0.2, 0) is 4.74 Å². The molecule has 0 aliphatic carbocycles. The molecule has 7 nitrogen and oxygen atoms in total. The molecule has 1 atom stereocenters. The Bertz CT molecular complexity index is 551. The topological polar surface area (TPSA) is 99.1 Å². The number of aliphatic hydroxyl groups excluding tert-OH is 1. The first kappa shape index (κ1) is 15.7. The van der Waals surface area contributed by atoms with Gasteiger partial charge in [0.2, 0.25) is 0 Å². The molecule has 0 spiro atoms. The normalized spacial score (nSPS) is 18.4. The Labute approximate surface area is 129 Å². The number of amides is 2. The fourth-order valence-electron chi connectivity index (χ4n) is 1.98. The highest BCUT2D eigenvalue weighted by molar-refractivity contribution is 9.10. The Balaban J connectivity index is 2.05. The first-order chi connectivity index (χ1) is 10.0. The van der Waals surface area contributed by atoms with Crippen LogP contribution >= 0.6 is 15.9 Å². The molecule has 1 aromatic rings. The molecule has 1 unspecified atom stereocenters. The van der Waals surface area contributed by atoms with Crippen LogP contribution in [0.25, 0.3) is 0 Å². The molecule has 2 rings (SSSR count). The molecular weight excluding hydrogens is 344 g/mol. The molecule has 0 saturated carbocycles. The quantitative estimate of drug-likeness (QED) is 0.757. The van der Waals surface area contributed by atoms with Crippen LogP contribution in [0.1, 0.15) is 10.4 Å². The molecule has 3 N–H and O–H groups in total. The number of urea groups is 1. The molecule has 1 fully saturated rings. The Morgan fingerprint density at radius 3 is 2.90 bits per heavy atom. The van der Waals surface area contributed by atoms with Gasteiger partial charge in [0.25, 0.3) is 0 Å². The van der Waals surface area contributed by atoms with E-state index in [0.717, 1.165) is 0 Å². The second-order valence-electron chi connectivity index (χ2n) is 4.55. The van der Waals surface area contributed by atoms with Gasteiger partial charge in [-0.25, -0.2) is 9.59 Å². The number of carboxylic acids is 1. The number of carbonyl (C=O) groups excluding carboxylic acids is 1. The minimum Gasteiger partial charge on any atom is -0.478 e. The number of anilines is 1. The van der Waals surface area contributed by atoms with E-state index in [-0.39, 0.29) is 24.3 Å². The number of hydrogen-bond donors (Lipinski definition) is 3. The number of carbonyl (C=O) groups is 2. The Morgan fingerprint density at radius 2 is 2.24 bits per heavy atom. The number of carboxylic acid groups (broad SMARTS) is 1. The van der Waals surface area contributed by atoms with Crippen molar-refractivity contribution in [3.05, 3.63) is 28.2 Å². The highest BCUT2D eigenvalue weighted by Gasteiger charge is 2.24. The van der Waals surface area contributed by atoms with Gasteiger partial charge in [0.15, 0.2) is 0 Å². The monoisotopic (exact) mass is 358 g/mol. The van der Waals surface area contributed by atoms with E-state index in [1.807, 2.05) is 0 Å². The number of ether oxygens (including phenoxy) is 1. The molecule has 21 heavy (non-hydrogen) atoms. The zero-order valence-electron chi connectivity index (χ0n) is 11.1. The van der Waals surface area contributed by atoms with Crippen LogP contribution in [0, 0.1) is 0 Å². The number of benzene rings is 1. The van der Waals surface area contributed by atoms with E-state index in [1.54, 1.807) is 12.1 Å². The number of nitrogens with one attached hydrogen (secondary N) is 1. The summed E-state index contributed by atoms with van der Waals surface area (Å²) >= 11 is 3.14. The molecule has 8 heteroatoms. The maximum atomic E-state index is 12.1. The predicted octanol–water partition coefficient (Wildman–Crippen LogP) is 1.37. The fraction of sp³-hybridized carbons (Fsp3) is 0.385. The highest BCUT2D eigenvalue weighted by atomic mass is 79.9. The molecule has 1 heterocycles. The van der Waals surface area contributed by atoms with Crippen molar-refractivity contribution in [3.8, 4) is 0 Å². The van der Waals surface area contributed by atoms with E-state index >= 15 is 0 Å². The lowest BCUT2D eigenvalue weighted by Gasteiger charge is -2.32. The number of nitrogens with zero attached hydrogens (tertiary/aromatic N) is 1. The molecule has 0 radical (unpaired) electrons. The second kappa shape index (κ2) is 6.88. The van der Waals surface area contributed by atoms with Crippen LogP contribution in [0.5, 0.6) is 0 Å². The third-order valence-electron chi connectivity index (χ3n) is 3.08. The third kappa shape index (κ3) is 3.93. The lowest BCUT2D eigenvalue weighted by Crippen LogP contribution is -2.48. The van der Waals surface area contributed by atoms with E-state index < -0.39 is 5.97 Å². The fourth-order valence-corrected chi connectivity index (χ4v) is 2.40. The van der Waals surface area contributed by atoms with Gasteiger partial charge in [-0.2, -0.15) is 0 Å². The Kier molecular flexibility index (Phi) is 5.16. The molecule has 1 aliphatic rings.